The normalized spacial score (nSPS) is 10.4. The van der Waals surface area contributed by atoms with Crippen molar-refractivity contribution in [2.24, 2.45) is 0 Å². The first-order valence-corrected chi connectivity index (χ1v) is 6.08. The fourth-order valence-electron chi connectivity index (χ4n) is 2.12. The number of rotatable bonds is 1. The zero-order valence-electron chi connectivity index (χ0n) is 10.8. The summed E-state index contributed by atoms with van der Waals surface area (Å²) in [5, 5.41) is 10.3. The second kappa shape index (κ2) is 4.59. The summed E-state index contributed by atoms with van der Waals surface area (Å²) >= 11 is 0. The van der Waals surface area contributed by atoms with E-state index in [1.54, 1.807) is 0 Å². The largest absolute Gasteiger partial charge is 0.383 e. The minimum Gasteiger partial charge on any atom is -0.383 e. The molecule has 5 heteroatoms. The molecule has 0 saturated carbocycles. The molecule has 2 N–H and O–H groups in total. The number of hydrogen-bond donors (Lipinski definition) is 1. The van der Waals surface area contributed by atoms with Crippen molar-refractivity contribution in [3.63, 3.8) is 0 Å². The highest BCUT2D eigenvalue weighted by Crippen LogP contribution is 2.28. The van der Waals surface area contributed by atoms with Crippen LogP contribution in [-0.4, -0.2) is 15.0 Å². The van der Waals surface area contributed by atoms with Crippen molar-refractivity contribution in [1.29, 1.82) is 5.26 Å². The third-order valence-electron chi connectivity index (χ3n) is 3.21. The molecular formula is C15H11N5. The molecule has 0 aliphatic heterocycles. The van der Waals surface area contributed by atoms with Gasteiger partial charge < -0.3 is 5.73 Å². The van der Waals surface area contributed by atoms with Gasteiger partial charge in [0.05, 0.1) is 11.2 Å². The third kappa shape index (κ3) is 1.84. The SMILES string of the molecule is Cc1c(N)ncnc1-c1cc2ccccc2nc1C#N. The van der Waals surface area contributed by atoms with Crippen LogP contribution in [0, 0.1) is 18.3 Å². The summed E-state index contributed by atoms with van der Waals surface area (Å²) in [5.74, 6) is 0.409. The van der Waals surface area contributed by atoms with Crippen LogP contribution in [-0.2, 0) is 0 Å². The van der Waals surface area contributed by atoms with E-state index in [-0.39, 0.29) is 0 Å². The smallest absolute Gasteiger partial charge is 0.150 e. The van der Waals surface area contributed by atoms with Gasteiger partial charge in [-0.3, -0.25) is 0 Å². The van der Waals surface area contributed by atoms with Crippen LogP contribution < -0.4 is 5.73 Å². The van der Waals surface area contributed by atoms with Gasteiger partial charge in [-0.25, -0.2) is 15.0 Å². The van der Waals surface area contributed by atoms with Gasteiger partial charge in [-0.05, 0) is 19.1 Å². The molecule has 20 heavy (non-hydrogen) atoms. The number of nitrogens with zero attached hydrogens (tertiary/aromatic N) is 4. The van der Waals surface area contributed by atoms with Gasteiger partial charge in [0.1, 0.15) is 18.2 Å². The maximum atomic E-state index is 9.31. The van der Waals surface area contributed by atoms with Crippen LogP contribution in [0.5, 0.6) is 0 Å². The lowest BCUT2D eigenvalue weighted by Crippen LogP contribution is -2.00. The molecule has 2 aromatic heterocycles. The molecule has 3 aromatic rings. The number of nitriles is 1. The first-order valence-electron chi connectivity index (χ1n) is 6.08. The van der Waals surface area contributed by atoms with Crippen LogP contribution in [0.25, 0.3) is 22.2 Å². The Kier molecular flexibility index (Phi) is 2.77. The highest BCUT2D eigenvalue weighted by molar-refractivity contribution is 5.86. The first kappa shape index (κ1) is 12.1. The van der Waals surface area contributed by atoms with E-state index in [9.17, 15) is 5.26 Å². The van der Waals surface area contributed by atoms with Gasteiger partial charge in [-0.2, -0.15) is 5.26 Å². The minimum atomic E-state index is 0.338. The Hall–Kier alpha value is -3.00. The molecule has 0 bridgehead atoms. The first-order chi connectivity index (χ1) is 9.70. The lowest BCUT2D eigenvalue weighted by molar-refractivity contribution is 1.14. The molecule has 0 fully saturated rings. The van der Waals surface area contributed by atoms with Crippen molar-refractivity contribution in [3.05, 3.63) is 47.9 Å². The molecule has 0 radical (unpaired) electrons. The summed E-state index contributed by atoms with van der Waals surface area (Å²) < 4.78 is 0. The number of benzene rings is 1. The zero-order valence-corrected chi connectivity index (χ0v) is 10.8. The van der Waals surface area contributed by atoms with Gasteiger partial charge >= 0.3 is 0 Å². The Balaban J connectivity index is 2.35. The number of para-hydroxylation sites is 1. The average Bonchev–Trinajstić information content (AvgIpc) is 2.48. The van der Waals surface area contributed by atoms with Crippen LogP contribution >= 0.6 is 0 Å². The fraction of sp³-hybridized carbons (Fsp3) is 0.0667. The average molecular weight is 261 g/mol. The Bertz CT molecular complexity index is 848. The predicted molar refractivity (Wildman–Crippen MR) is 76.6 cm³/mol. The number of fused-ring (bicyclic) bond motifs is 1. The lowest BCUT2D eigenvalue weighted by atomic mass is 10.0. The van der Waals surface area contributed by atoms with E-state index in [2.05, 4.69) is 21.0 Å². The monoisotopic (exact) mass is 261 g/mol. The van der Waals surface area contributed by atoms with Crippen molar-refractivity contribution >= 4 is 16.7 Å². The number of anilines is 1. The summed E-state index contributed by atoms with van der Waals surface area (Å²) in [5.41, 5.74) is 9.01. The van der Waals surface area contributed by atoms with Crippen molar-refractivity contribution in [3.8, 4) is 17.3 Å². The molecule has 0 spiro atoms. The van der Waals surface area contributed by atoms with Crippen LogP contribution in [0.4, 0.5) is 5.82 Å². The summed E-state index contributed by atoms with van der Waals surface area (Å²) in [4.78, 5) is 12.6. The van der Waals surface area contributed by atoms with Crippen LogP contribution in [0.1, 0.15) is 11.3 Å². The number of pyridine rings is 1. The summed E-state index contributed by atoms with van der Waals surface area (Å²) in [6.45, 7) is 1.83. The topological polar surface area (TPSA) is 88.5 Å². The molecule has 96 valence electrons. The zero-order chi connectivity index (χ0) is 14.1. The van der Waals surface area contributed by atoms with Gasteiger partial charge in [-0.1, -0.05) is 18.2 Å². The molecule has 3 rings (SSSR count). The molecule has 0 aliphatic rings. The van der Waals surface area contributed by atoms with Gasteiger partial charge in [-0.15, -0.1) is 0 Å². The van der Waals surface area contributed by atoms with E-state index in [4.69, 9.17) is 5.73 Å². The number of nitrogen functional groups attached to an aromatic ring is 1. The van der Waals surface area contributed by atoms with E-state index in [1.165, 1.54) is 6.33 Å². The maximum absolute atomic E-state index is 9.31. The van der Waals surface area contributed by atoms with Gasteiger partial charge in [0.2, 0.25) is 0 Å². The maximum Gasteiger partial charge on any atom is 0.150 e. The molecule has 2 heterocycles. The predicted octanol–water partition coefficient (Wildman–Crippen LogP) is 2.45. The fourth-order valence-corrected chi connectivity index (χ4v) is 2.12. The quantitative estimate of drug-likeness (QED) is 0.726. The number of nitrogens with two attached hydrogens (primary N) is 1. The van der Waals surface area contributed by atoms with E-state index in [0.29, 0.717) is 22.8 Å². The van der Waals surface area contributed by atoms with E-state index < -0.39 is 0 Å². The van der Waals surface area contributed by atoms with E-state index >= 15 is 0 Å². The summed E-state index contributed by atoms with van der Waals surface area (Å²) in [6.07, 6.45) is 1.40. The molecule has 1 aromatic carbocycles. The molecule has 5 nitrogen and oxygen atoms in total. The third-order valence-corrected chi connectivity index (χ3v) is 3.21. The van der Waals surface area contributed by atoms with Crippen molar-refractivity contribution in [2.75, 3.05) is 5.73 Å². The minimum absolute atomic E-state index is 0.338. The summed E-state index contributed by atoms with van der Waals surface area (Å²) in [6, 6.07) is 11.7. The Morgan fingerprint density at radius 3 is 2.80 bits per heavy atom. The molecule has 0 saturated heterocycles. The van der Waals surface area contributed by atoms with Crippen molar-refractivity contribution in [1.82, 2.24) is 15.0 Å². The Morgan fingerprint density at radius 2 is 2.00 bits per heavy atom. The molecule has 0 amide bonds. The number of aromatic nitrogens is 3. The Morgan fingerprint density at radius 1 is 1.20 bits per heavy atom. The number of hydrogen-bond acceptors (Lipinski definition) is 5. The summed E-state index contributed by atoms with van der Waals surface area (Å²) in [7, 11) is 0. The van der Waals surface area contributed by atoms with E-state index in [0.717, 1.165) is 16.5 Å². The molecule has 0 atom stereocenters. The molecule has 0 aliphatic carbocycles. The second-order valence-electron chi connectivity index (χ2n) is 4.42. The standard InChI is InChI=1S/C15H11N5/c1-9-14(18-8-19-15(9)17)11-6-10-4-2-3-5-12(10)20-13(11)7-16/h2-6,8H,1H3,(H2,17,18,19). The van der Waals surface area contributed by atoms with Crippen molar-refractivity contribution in [2.45, 2.75) is 6.92 Å². The van der Waals surface area contributed by atoms with Crippen LogP contribution in [0.3, 0.4) is 0 Å². The van der Waals surface area contributed by atoms with Gasteiger partial charge in [0.15, 0.2) is 5.69 Å². The molecular weight excluding hydrogens is 250 g/mol. The second-order valence-corrected chi connectivity index (χ2v) is 4.42. The Labute approximate surface area is 115 Å². The lowest BCUT2D eigenvalue weighted by Gasteiger charge is -2.09. The van der Waals surface area contributed by atoms with Gasteiger partial charge in [0, 0.05) is 16.5 Å². The van der Waals surface area contributed by atoms with Crippen LogP contribution in [0.2, 0.25) is 0 Å². The van der Waals surface area contributed by atoms with Crippen LogP contribution in [0.15, 0.2) is 36.7 Å². The van der Waals surface area contributed by atoms with E-state index in [1.807, 2.05) is 37.3 Å². The highest BCUT2D eigenvalue weighted by Gasteiger charge is 2.13. The van der Waals surface area contributed by atoms with Gasteiger partial charge in [0.25, 0.3) is 0 Å². The highest BCUT2D eigenvalue weighted by atomic mass is 14.9. The molecule has 0 unspecified atom stereocenters. The van der Waals surface area contributed by atoms with Crippen molar-refractivity contribution < 1.29 is 0 Å².